The predicted molar refractivity (Wildman–Crippen MR) is 98.5 cm³/mol. The number of rotatable bonds is 5. The van der Waals surface area contributed by atoms with Crippen molar-refractivity contribution in [2.75, 3.05) is 11.3 Å². The van der Waals surface area contributed by atoms with E-state index in [0.717, 1.165) is 0 Å². The third kappa shape index (κ3) is 3.83. The first-order chi connectivity index (χ1) is 12.2. The zero-order valence-electron chi connectivity index (χ0n) is 14.9. The van der Waals surface area contributed by atoms with Crippen LogP contribution in [0.1, 0.15) is 37.6 Å². The van der Waals surface area contributed by atoms with Crippen molar-refractivity contribution in [3.63, 3.8) is 0 Å². The molecule has 0 unspecified atom stereocenters. The van der Waals surface area contributed by atoms with Crippen molar-refractivity contribution < 1.29 is 22.7 Å². The Kier molecular flexibility index (Phi) is 4.66. The highest BCUT2D eigenvalue weighted by atomic mass is 32.2. The molecule has 7 heteroatoms. The van der Waals surface area contributed by atoms with Crippen LogP contribution in [-0.2, 0) is 10.0 Å². The molecule has 6 nitrogen and oxygen atoms in total. The number of carbonyl (C=O) groups is 1. The Morgan fingerprint density at radius 3 is 2.50 bits per heavy atom. The predicted octanol–water partition coefficient (Wildman–Crippen LogP) is 3.63. The van der Waals surface area contributed by atoms with Gasteiger partial charge in [-0.15, -0.1) is 0 Å². The van der Waals surface area contributed by atoms with Crippen LogP contribution in [0.25, 0.3) is 0 Å². The van der Waals surface area contributed by atoms with E-state index in [9.17, 15) is 13.2 Å². The van der Waals surface area contributed by atoms with Crippen LogP contribution >= 0.6 is 0 Å². The Balaban J connectivity index is 1.84. The molecule has 138 valence electrons. The second-order valence-electron chi connectivity index (χ2n) is 6.68. The smallest absolute Gasteiger partial charge is 0.261 e. The third-order valence-electron chi connectivity index (χ3n) is 3.95. The van der Waals surface area contributed by atoms with Gasteiger partial charge in [0.25, 0.3) is 10.0 Å². The Hall–Kier alpha value is -2.54. The zero-order valence-corrected chi connectivity index (χ0v) is 15.7. The van der Waals surface area contributed by atoms with Gasteiger partial charge < -0.3 is 9.47 Å². The SMILES string of the molecule is CCOc1ccc(S(=O)(=O)Nc2ccc3c(c2)C(=O)CC(C)(C)O3)cc1. The molecule has 0 fully saturated rings. The summed E-state index contributed by atoms with van der Waals surface area (Å²) >= 11 is 0. The van der Waals surface area contributed by atoms with Crippen molar-refractivity contribution in [1.29, 1.82) is 0 Å². The summed E-state index contributed by atoms with van der Waals surface area (Å²) in [6, 6.07) is 10.9. The fourth-order valence-corrected chi connectivity index (χ4v) is 3.86. The lowest BCUT2D eigenvalue weighted by molar-refractivity contribution is 0.0620. The van der Waals surface area contributed by atoms with E-state index in [1.807, 2.05) is 20.8 Å². The van der Waals surface area contributed by atoms with Crippen molar-refractivity contribution in [2.24, 2.45) is 0 Å². The van der Waals surface area contributed by atoms with E-state index in [4.69, 9.17) is 9.47 Å². The van der Waals surface area contributed by atoms with Gasteiger partial charge in [0, 0.05) is 5.69 Å². The number of nitrogens with one attached hydrogen (secondary N) is 1. The Morgan fingerprint density at radius 1 is 1.15 bits per heavy atom. The minimum Gasteiger partial charge on any atom is -0.494 e. The van der Waals surface area contributed by atoms with Crippen molar-refractivity contribution in [1.82, 2.24) is 0 Å². The lowest BCUT2D eigenvalue weighted by Gasteiger charge is -2.31. The molecule has 1 aliphatic heterocycles. The molecule has 0 radical (unpaired) electrons. The molecule has 1 heterocycles. The fourth-order valence-electron chi connectivity index (χ4n) is 2.81. The second-order valence-corrected chi connectivity index (χ2v) is 8.36. The van der Waals surface area contributed by atoms with Crippen molar-refractivity contribution >= 4 is 21.5 Å². The van der Waals surface area contributed by atoms with E-state index in [0.29, 0.717) is 29.4 Å². The summed E-state index contributed by atoms with van der Waals surface area (Å²) in [7, 11) is -3.77. The lowest BCUT2D eigenvalue weighted by atomic mass is 9.93. The van der Waals surface area contributed by atoms with Gasteiger partial charge >= 0.3 is 0 Å². The summed E-state index contributed by atoms with van der Waals surface area (Å²) in [4.78, 5) is 12.4. The Labute approximate surface area is 153 Å². The maximum atomic E-state index is 12.6. The van der Waals surface area contributed by atoms with Gasteiger partial charge in [-0.05, 0) is 63.2 Å². The van der Waals surface area contributed by atoms with E-state index >= 15 is 0 Å². The number of Topliss-reactive ketones (excluding diaryl/α,β-unsaturated/α-hetero) is 1. The summed E-state index contributed by atoms with van der Waals surface area (Å²) < 4.78 is 38.7. The first-order valence-electron chi connectivity index (χ1n) is 8.32. The molecule has 0 atom stereocenters. The number of benzene rings is 2. The van der Waals surface area contributed by atoms with E-state index in [2.05, 4.69) is 4.72 Å². The molecule has 0 aliphatic carbocycles. The van der Waals surface area contributed by atoms with Crippen molar-refractivity contribution in [3.05, 3.63) is 48.0 Å². The minimum atomic E-state index is -3.77. The molecule has 3 rings (SSSR count). The largest absolute Gasteiger partial charge is 0.494 e. The van der Waals surface area contributed by atoms with Gasteiger partial charge in [-0.1, -0.05) is 0 Å². The van der Waals surface area contributed by atoms with Crippen LogP contribution < -0.4 is 14.2 Å². The number of hydrogen-bond acceptors (Lipinski definition) is 5. The van der Waals surface area contributed by atoms with Gasteiger partial charge in [0.1, 0.15) is 17.1 Å². The molecule has 0 amide bonds. The van der Waals surface area contributed by atoms with E-state index < -0.39 is 15.6 Å². The van der Waals surface area contributed by atoms with Crippen molar-refractivity contribution in [3.8, 4) is 11.5 Å². The molecule has 1 aliphatic rings. The van der Waals surface area contributed by atoms with Crippen LogP contribution in [0.2, 0.25) is 0 Å². The summed E-state index contributed by atoms with van der Waals surface area (Å²) in [5.41, 5.74) is 0.137. The van der Waals surface area contributed by atoms with Gasteiger partial charge in [0.15, 0.2) is 5.78 Å². The van der Waals surface area contributed by atoms with Crippen molar-refractivity contribution in [2.45, 2.75) is 37.7 Å². The van der Waals surface area contributed by atoms with Gasteiger partial charge in [-0.3, -0.25) is 9.52 Å². The quantitative estimate of drug-likeness (QED) is 0.863. The monoisotopic (exact) mass is 375 g/mol. The molecule has 26 heavy (non-hydrogen) atoms. The van der Waals surface area contributed by atoms with Crippen LogP contribution in [-0.4, -0.2) is 26.4 Å². The molecule has 0 aromatic heterocycles. The number of sulfonamides is 1. The highest BCUT2D eigenvalue weighted by Gasteiger charge is 2.32. The molecule has 0 saturated heterocycles. The Morgan fingerprint density at radius 2 is 1.85 bits per heavy atom. The number of ether oxygens (including phenoxy) is 2. The first kappa shape index (κ1) is 18.3. The Bertz CT molecular complexity index is 933. The summed E-state index contributed by atoms with van der Waals surface area (Å²) in [5, 5.41) is 0. The number of ketones is 1. The normalized spacial score (nSPS) is 15.7. The molecule has 0 bridgehead atoms. The summed E-state index contributed by atoms with van der Waals surface area (Å²) in [5.74, 6) is 0.999. The van der Waals surface area contributed by atoms with Crippen LogP contribution in [0.4, 0.5) is 5.69 Å². The highest BCUT2D eigenvalue weighted by molar-refractivity contribution is 7.92. The third-order valence-corrected chi connectivity index (χ3v) is 5.35. The first-order valence-corrected chi connectivity index (χ1v) is 9.80. The van der Waals surface area contributed by atoms with Crippen LogP contribution in [0, 0.1) is 0 Å². The van der Waals surface area contributed by atoms with Crippen LogP contribution in [0.3, 0.4) is 0 Å². The standard InChI is InChI=1S/C19H21NO5S/c1-4-24-14-6-8-15(9-7-14)26(22,23)20-13-5-10-18-16(11-13)17(21)12-19(2,3)25-18/h5-11,20H,4,12H2,1-3H3. The van der Waals surface area contributed by atoms with E-state index in [1.165, 1.54) is 18.2 Å². The van der Waals surface area contributed by atoms with Gasteiger partial charge in [0.05, 0.1) is 23.5 Å². The highest BCUT2D eigenvalue weighted by Crippen LogP contribution is 2.35. The van der Waals surface area contributed by atoms with E-state index in [1.54, 1.807) is 24.3 Å². The molecule has 0 spiro atoms. The maximum Gasteiger partial charge on any atom is 0.261 e. The second kappa shape index (κ2) is 6.64. The molecule has 2 aromatic carbocycles. The molecular weight excluding hydrogens is 354 g/mol. The topological polar surface area (TPSA) is 81.7 Å². The maximum absolute atomic E-state index is 12.6. The average molecular weight is 375 g/mol. The van der Waals surface area contributed by atoms with Gasteiger partial charge in [-0.25, -0.2) is 8.42 Å². The molecule has 0 saturated carbocycles. The van der Waals surface area contributed by atoms with E-state index in [-0.39, 0.29) is 17.1 Å². The average Bonchev–Trinajstić information content (AvgIpc) is 2.55. The van der Waals surface area contributed by atoms with Crippen LogP contribution in [0.5, 0.6) is 11.5 Å². The number of anilines is 1. The minimum absolute atomic E-state index is 0.0710. The van der Waals surface area contributed by atoms with Crippen LogP contribution in [0.15, 0.2) is 47.4 Å². The zero-order chi connectivity index (χ0) is 18.9. The molecule has 1 N–H and O–H groups in total. The van der Waals surface area contributed by atoms with Gasteiger partial charge in [-0.2, -0.15) is 0 Å². The number of hydrogen-bond donors (Lipinski definition) is 1. The fraction of sp³-hybridized carbons (Fsp3) is 0.316. The summed E-state index contributed by atoms with van der Waals surface area (Å²) in [6.45, 7) is 6.05. The van der Waals surface area contributed by atoms with Gasteiger partial charge in [0.2, 0.25) is 0 Å². The number of fused-ring (bicyclic) bond motifs is 1. The summed E-state index contributed by atoms with van der Waals surface area (Å²) in [6.07, 6.45) is 0.245. The lowest BCUT2D eigenvalue weighted by Crippen LogP contribution is -2.35. The molecular formula is C19H21NO5S. The number of carbonyl (C=O) groups excluding carboxylic acids is 1. The molecule has 2 aromatic rings.